The summed E-state index contributed by atoms with van der Waals surface area (Å²) in [5.41, 5.74) is 0. The molecule has 0 rings (SSSR count). The third-order valence-corrected chi connectivity index (χ3v) is 0. The summed E-state index contributed by atoms with van der Waals surface area (Å²) in [7, 11) is -2.93. The van der Waals surface area contributed by atoms with Gasteiger partial charge in [-0.1, -0.05) is 0 Å². The monoisotopic (exact) mass is 66.0 g/mol. The van der Waals surface area contributed by atoms with Gasteiger partial charge in [0.05, 0.1) is 7.74 Å². The molecule has 4 heavy (non-hydrogen) atoms. The van der Waals surface area contributed by atoms with Crippen LogP contribution in [0, 0.1) is 11.2 Å². The molecule has 0 atom stereocenters. The molecule has 0 aromatic rings. The standard InChI is InChI=1S/CH3BN.Na/c2-1-3;/h2H3;/q-1;+1/i2D3;. The van der Waals surface area contributed by atoms with Crippen LogP contribution in [0.15, 0.2) is 0 Å². The molecule has 0 saturated carbocycles. The van der Waals surface area contributed by atoms with Gasteiger partial charge in [-0.3, -0.25) is 5.26 Å². The van der Waals surface area contributed by atoms with Crippen LogP contribution in [0.25, 0.3) is 0 Å². The van der Waals surface area contributed by atoms with Crippen LogP contribution in [0.1, 0.15) is 0 Å². The van der Waals surface area contributed by atoms with Crippen LogP contribution < -0.4 is 29.6 Å². The van der Waals surface area contributed by atoms with Gasteiger partial charge in [0.1, 0.15) is 0 Å². The van der Waals surface area contributed by atoms with Crippen LogP contribution in [-0.4, -0.2) is 11.7 Å². The molecule has 0 aromatic heterocycles. The van der Waals surface area contributed by atoms with Crippen molar-refractivity contribution in [2.24, 2.45) is 0 Å². The smallest absolute Gasteiger partial charge is 0.251 e. The Kier molecular flexibility index (Phi) is 4.48. The van der Waals surface area contributed by atoms with Crippen LogP contribution in [0.4, 0.5) is 0 Å². The van der Waals surface area contributed by atoms with Crippen LogP contribution >= 0.6 is 0 Å². The van der Waals surface area contributed by atoms with Crippen molar-refractivity contribution >= 4 is 7.74 Å². The Labute approximate surface area is 52.8 Å². The van der Waals surface area contributed by atoms with Crippen molar-refractivity contribution in [3.8, 4) is 5.97 Å². The molecule has 1 nitrogen and oxygen atoms in total. The summed E-state index contributed by atoms with van der Waals surface area (Å²) >= 11 is 0. The van der Waals surface area contributed by atoms with Crippen molar-refractivity contribution in [1.82, 2.24) is 0 Å². The van der Waals surface area contributed by atoms with Gasteiger partial charge in [-0.25, -0.2) is 4.01 Å². The van der Waals surface area contributed by atoms with E-state index >= 15 is 0 Å². The van der Waals surface area contributed by atoms with E-state index in [0.29, 0.717) is 0 Å². The van der Waals surface area contributed by atoms with Crippen LogP contribution in [0.2, 0.25) is 0 Å². The van der Waals surface area contributed by atoms with E-state index in [9.17, 15) is 0 Å². The minimum absolute atomic E-state index is 0. The molecular weight excluding hydrogens is 59.8 g/mol. The minimum atomic E-state index is -2.93. The molecule has 0 aliphatic rings. The Morgan fingerprint density at radius 2 is 2.50 bits per heavy atom. The Morgan fingerprint density at radius 3 is 2.50 bits per heavy atom. The van der Waals surface area contributed by atoms with Crippen molar-refractivity contribution < 1.29 is 29.6 Å². The molecule has 0 N–H and O–H groups in total. The Hall–Kier alpha value is 0.555. The average Bonchev–Trinajstić information content (AvgIpc) is 1.35. The largest absolute Gasteiger partial charge is 1.00 e. The Balaban J connectivity index is 0. The van der Waals surface area contributed by atoms with Gasteiger partial charge in [0, 0.05) is 0 Å². The maximum Gasteiger partial charge on any atom is 1.00 e. The number of hydrogen-bond donors (Lipinski definition) is 0. The molecular formula is CH3BNNa. The second-order valence-electron chi connectivity index (χ2n) is 0.129. The molecule has 0 saturated heterocycles. The van der Waals surface area contributed by atoms with E-state index in [0.717, 1.165) is 0 Å². The molecule has 0 unspecified atom stereocenters. The van der Waals surface area contributed by atoms with Crippen molar-refractivity contribution in [2.45, 2.75) is 0 Å². The molecule has 0 aliphatic carbocycles. The number of hydrogen-bond acceptors (Lipinski definition) is 1. The van der Waals surface area contributed by atoms with Gasteiger partial charge in [-0.05, 0) is 0 Å². The Bertz CT molecular complexity index is 81.9. The van der Waals surface area contributed by atoms with E-state index in [2.05, 4.69) is 0 Å². The first-order valence-corrected chi connectivity index (χ1v) is 0.512. The fourth-order valence-electron chi connectivity index (χ4n) is 0. The molecule has 0 aliphatic heterocycles. The molecule has 0 heterocycles. The van der Waals surface area contributed by atoms with E-state index in [-0.39, 0.29) is 29.6 Å². The molecule has 0 aromatic carbocycles. The predicted octanol–water partition coefficient (Wildman–Crippen LogP) is -4.16. The van der Waals surface area contributed by atoms with Crippen molar-refractivity contribution in [3.63, 3.8) is 0 Å². The Morgan fingerprint density at radius 1 is 2.25 bits per heavy atom. The SMILES string of the molecule is [2H][B-]([2H])([2H])C#N.[Na+]. The molecule has 0 radical (unpaired) electrons. The first-order valence-electron chi connectivity index (χ1n) is 2.24. The van der Waals surface area contributed by atoms with E-state index in [1.807, 2.05) is 0 Å². The summed E-state index contributed by atoms with van der Waals surface area (Å²) < 4.78 is 18.6. The molecule has 0 bridgehead atoms. The normalized spacial score (nSPS) is 16.2. The molecule has 0 amide bonds. The van der Waals surface area contributed by atoms with Gasteiger partial charge in [0.15, 0.2) is 0 Å². The number of rotatable bonds is 0. The minimum Gasteiger partial charge on any atom is -0.251 e. The molecule has 16 valence electrons. The molecule has 3 heteroatoms. The van der Waals surface area contributed by atoms with Gasteiger partial charge in [0.2, 0.25) is 0 Å². The number of nitriles is 1. The number of nitrogens with zero attached hydrogens (tertiary/aromatic N) is 1. The quantitative estimate of drug-likeness (QED) is 0.263. The summed E-state index contributed by atoms with van der Waals surface area (Å²) in [5.74, 6) is 1.17. The summed E-state index contributed by atoms with van der Waals surface area (Å²) in [6.45, 7) is 0. The van der Waals surface area contributed by atoms with Gasteiger partial charge in [0.25, 0.3) is 0 Å². The van der Waals surface area contributed by atoms with Crippen molar-refractivity contribution in [2.75, 3.05) is 0 Å². The summed E-state index contributed by atoms with van der Waals surface area (Å²) in [6, 6.07) is 0. The fraction of sp³-hybridized carbons (Fsp3) is 0. The van der Waals surface area contributed by atoms with E-state index < -0.39 is 7.74 Å². The van der Waals surface area contributed by atoms with E-state index in [1.54, 1.807) is 0 Å². The topological polar surface area (TPSA) is 23.8 Å². The summed E-state index contributed by atoms with van der Waals surface area (Å²) in [4.78, 5) is 0. The van der Waals surface area contributed by atoms with Gasteiger partial charge >= 0.3 is 29.6 Å². The second kappa shape index (κ2) is 9.60. The third-order valence-electron chi connectivity index (χ3n) is 0. The van der Waals surface area contributed by atoms with Crippen molar-refractivity contribution in [1.29, 1.82) is 9.27 Å². The van der Waals surface area contributed by atoms with Crippen LogP contribution in [-0.2, 0) is 0 Å². The molecule has 0 fully saturated rings. The van der Waals surface area contributed by atoms with Crippen LogP contribution in [0.5, 0.6) is 0 Å². The summed E-state index contributed by atoms with van der Waals surface area (Å²) in [6.07, 6.45) is 0. The average molecular weight is 65.9 g/mol. The zero-order valence-corrected chi connectivity index (χ0v) is 4.52. The molecule has 0 spiro atoms. The maximum atomic E-state index is 7.62. The zero-order valence-electron chi connectivity index (χ0n) is 5.52. The van der Waals surface area contributed by atoms with E-state index in [4.69, 9.17) is 9.27 Å². The van der Waals surface area contributed by atoms with Gasteiger partial charge in [-0.2, -0.15) is 5.97 Å². The van der Waals surface area contributed by atoms with Crippen molar-refractivity contribution in [3.05, 3.63) is 0 Å². The van der Waals surface area contributed by atoms with Crippen LogP contribution in [0.3, 0.4) is 0 Å². The fourth-order valence-corrected chi connectivity index (χ4v) is 0. The first-order chi connectivity index (χ1) is 2.56. The van der Waals surface area contributed by atoms with Gasteiger partial charge in [-0.15, -0.1) is 0 Å². The first kappa shape index (κ1) is 1.87. The van der Waals surface area contributed by atoms with Gasteiger partial charge < -0.3 is 0 Å². The van der Waals surface area contributed by atoms with E-state index in [1.165, 1.54) is 5.97 Å². The third kappa shape index (κ3) is 20.1. The summed E-state index contributed by atoms with van der Waals surface area (Å²) in [5, 5.41) is 7.62. The maximum absolute atomic E-state index is 7.62. The second-order valence-corrected chi connectivity index (χ2v) is 0.129. The zero-order chi connectivity index (χ0) is 5.21. The predicted molar refractivity (Wildman–Crippen MR) is 15.6 cm³/mol.